The van der Waals surface area contributed by atoms with Crippen molar-refractivity contribution in [3.63, 3.8) is 0 Å². The molecule has 7 nitrogen and oxygen atoms in total. The van der Waals surface area contributed by atoms with E-state index in [0.717, 1.165) is 35.6 Å². The van der Waals surface area contributed by atoms with Crippen molar-refractivity contribution in [1.29, 1.82) is 0 Å². The van der Waals surface area contributed by atoms with E-state index in [2.05, 4.69) is 93.4 Å². The largest absolute Gasteiger partial charge is 0.386 e. The van der Waals surface area contributed by atoms with E-state index in [4.69, 9.17) is 4.98 Å². The van der Waals surface area contributed by atoms with E-state index in [9.17, 15) is 5.11 Å². The Morgan fingerprint density at radius 1 is 1.20 bits per heavy atom. The normalized spacial score (nSPS) is 16.8. The Bertz CT molecular complexity index is 1080. The number of aromatic nitrogens is 3. The van der Waals surface area contributed by atoms with Crippen molar-refractivity contribution in [2.75, 3.05) is 28.6 Å². The second-order valence-electron chi connectivity index (χ2n) is 11.0. The monoisotopic (exact) mass is 478 g/mol. The summed E-state index contributed by atoms with van der Waals surface area (Å²) >= 11 is 0. The lowest BCUT2D eigenvalue weighted by atomic mass is 9.97. The second-order valence-corrected chi connectivity index (χ2v) is 11.0. The molecule has 1 aliphatic heterocycles. The van der Waals surface area contributed by atoms with Gasteiger partial charge in [-0.15, -0.1) is 0 Å². The van der Waals surface area contributed by atoms with E-state index < -0.39 is 5.60 Å². The molecule has 3 heterocycles. The summed E-state index contributed by atoms with van der Waals surface area (Å²) in [6.45, 7) is 18.1. The van der Waals surface area contributed by atoms with Gasteiger partial charge in [-0.05, 0) is 64.2 Å². The highest BCUT2D eigenvalue weighted by molar-refractivity contribution is 5.83. The van der Waals surface area contributed by atoms with E-state index in [1.54, 1.807) is 6.33 Å². The standard InChI is InChI=1S/C28H42N6O/c1-9-11-20(4)25-21(13-12-19(3)10-2)14-23(32-26(25)33-27(5,6)7)31-22-15-24(30-18-29-22)34-16-28(8,35)17-34/h11-15,18-19,35H,9-10,16-17H2,1-8H3,(H2,29,30,31,32,33)/b13-12-,20-11+. The molecule has 0 spiro atoms. The molecule has 1 saturated heterocycles. The fraction of sp³-hybridized carbons (Fsp3) is 0.536. The molecule has 1 fully saturated rings. The molecule has 190 valence electrons. The molecule has 0 amide bonds. The number of anilines is 4. The summed E-state index contributed by atoms with van der Waals surface area (Å²) in [5.41, 5.74) is 2.63. The van der Waals surface area contributed by atoms with E-state index in [1.807, 2.05) is 17.9 Å². The van der Waals surface area contributed by atoms with Gasteiger partial charge < -0.3 is 20.6 Å². The first-order chi connectivity index (χ1) is 16.4. The summed E-state index contributed by atoms with van der Waals surface area (Å²) < 4.78 is 0. The Morgan fingerprint density at radius 2 is 1.91 bits per heavy atom. The first kappa shape index (κ1) is 26.7. The molecule has 1 aliphatic rings. The van der Waals surface area contributed by atoms with Gasteiger partial charge in [0.25, 0.3) is 0 Å². The van der Waals surface area contributed by atoms with Gasteiger partial charge in [0.05, 0.1) is 5.60 Å². The summed E-state index contributed by atoms with van der Waals surface area (Å²) in [5, 5.41) is 17.1. The van der Waals surface area contributed by atoms with Gasteiger partial charge in [-0.2, -0.15) is 0 Å². The van der Waals surface area contributed by atoms with Gasteiger partial charge in [0, 0.05) is 30.3 Å². The van der Waals surface area contributed by atoms with Gasteiger partial charge in [0.2, 0.25) is 0 Å². The van der Waals surface area contributed by atoms with Gasteiger partial charge in [-0.1, -0.05) is 45.4 Å². The molecule has 7 heteroatoms. The zero-order chi connectivity index (χ0) is 25.8. The molecule has 0 radical (unpaired) electrons. The smallest absolute Gasteiger partial charge is 0.137 e. The summed E-state index contributed by atoms with van der Waals surface area (Å²) in [5.74, 6) is 3.51. The van der Waals surface area contributed by atoms with E-state index >= 15 is 0 Å². The van der Waals surface area contributed by atoms with E-state index in [-0.39, 0.29) is 5.54 Å². The van der Waals surface area contributed by atoms with Crippen LogP contribution in [-0.4, -0.2) is 44.3 Å². The Balaban J connectivity index is 2.03. The molecule has 3 N–H and O–H groups in total. The zero-order valence-electron chi connectivity index (χ0n) is 22.6. The molecule has 1 atom stereocenters. The number of allylic oxidation sites excluding steroid dienone is 3. The summed E-state index contributed by atoms with van der Waals surface area (Å²) in [6, 6.07) is 3.99. The first-order valence-corrected chi connectivity index (χ1v) is 12.7. The van der Waals surface area contributed by atoms with Crippen LogP contribution in [0.25, 0.3) is 11.6 Å². The third-order valence-corrected chi connectivity index (χ3v) is 5.99. The van der Waals surface area contributed by atoms with Crippen molar-refractivity contribution in [2.45, 2.75) is 79.4 Å². The lowest BCUT2D eigenvalue weighted by Gasteiger charge is -2.44. The molecular formula is C28H42N6O. The maximum atomic E-state index is 10.1. The molecule has 0 saturated carbocycles. The van der Waals surface area contributed by atoms with Crippen LogP contribution in [-0.2, 0) is 0 Å². The van der Waals surface area contributed by atoms with Crippen LogP contribution in [0.4, 0.5) is 23.3 Å². The highest BCUT2D eigenvalue weighted by atomic mass is 16.3. The predicted octanol–water partition coefficient (Wildman–Crippen LogP) is 6.27. The Morgan fingerprint density at radius 3 is 2.51 bits per heavy atom. The predicted molar refractivity (Wildman–Crippen MR) is 148 cm³/mol. The minimum Gasteiger partial charge on any atom is -0.386 e. The molecule has 3 rings (SSSR count). The van der Waals surface area contributed by atoms with Crippen molar-refractivity contribution in [3.8, 4) is 0 Å². The topological polar surface area (TPSA) is 86.2 Å². The average molecular weight is 479 g/mol. The van der Waals surface area contributed by atoms with Crippen molar-refractivity contribution in [2.24, 2.45) is 5.92 Å². The number of aliphatic hydroxyl groups is 1. The number of rotatable bonds is 9. The third-order valence-electron chi connectivity index (χ3n) is 5.99. The molecule has 0 aliphatic carbocycles. The molecule has 1 unspecified atom stereocenters. The fourth-order valence-corrected chi connectivity index (χ4v) is 4.09. The number of β-amino-alcohol motifs (C(OH)–C–C–N with tert-alkyl or cyclic N) is 1. The van der Waals surface area contributed by atoms with Crippen LogP contribution in [0, 0.1) is 5.92 Å². The maximum Gasteiger partial charge on any atom is 0.137 e. The number of nitrogens with one attached hydrogen (secondary N) is 2. The quantitative estimate of drug-likeness (QED) is 0.391. The maximum absolute atomic E-state index is 10.1. The number of nitrogens with zero attached hydrogens (tertiary/aromatic N) is 4. The number of hydrogen-bond acceptors (Lipinski definition) is 7. The molecule has 0 aromatic carbocycles. The Labute approximate surface area is 210 Å². The summed E-state index contributed by atoms with van der Waals surface area (Å²) in [7, 11) is 0. The van der Waals surface area contributed by atoms with Gasteiger partial charge in [0.15, 0.2) is 0 Å². The SMILES string of the molecule is CC/C=C(\C)c1c(/C=C\C(C)CC)cc(Nc2cc(N3CC(C)(O)C3)ncn2)nc1NC(C)(C)C. The zero-order valence-corrected chi connectivity index (χ0v) is 22.6. The van der Waals surface area contributed by atoms with E-state index in [0.29, 0.717) is 30.6 Å². The minimum atomic E-state index is -0.663. The van der Waals surface area contributed by atoms with Crippen LogP contribution in [0.1, 0.15) is 79.4 Å². The van der Waals surface area contributed by atoms with Crippen LogP contribution in [0.15, 0.2) is 30.6 Å². The fourth-order valence-electron chi connectivity index (χ4n) is 4.09. The Kier molecular flexibility index (Phi) is 8.21. The minimum absolute atomic E-state index is 0.152. The highest BCUT2D eigenvalue weighted by Crippen LogP contribution is 2.33. The molecule has 35 heavy (non-hydrogen) atoms. The van der Waals surface area contributed by atoms with Gasteiger partial charge >= 0.3 is 0 Å². The van der Waals surface area contributed by atoms with Crippen LogP contribution in [0.3, 0.4) is 0 Å². The number of hydrogen-bond donors (Lipinski definition) is 3. The van der Waals surface area contributed by atoms with Crippen molar-refractivity contribution in [3.05, 3.63) is 41.7 Å². The van der Waals surface area contributed by atoms with Gasteiger partial charge in [-0.25, -0.2) is 15.0 Å². The molecule has 2 aromatic heterocycles. The van der Waals surface area contributed by atoms with Crippen LogP contribution in [0.2, 0.25) is 0 Å². The highest BCUT2D eigenvalue weighted by Gasteiger charge is 2.37. The molecule has 0 bridgehead atoms. The Hall–Kier alpha value is -2.93. The summed E-state index contributed by atoms with van der Waals surface area (Å²) in [6.07, 6.45) is 10.3. The van der Waals surface area contributed by atoms with Crippen molar-refractivity contribution < 1.29 is 5.11 Å². The molecular weight excluding hydrogens is 436 g/mol. The van der Waals surface area contributed by atoms with Crippen molar-refractivity contribution >= 4 is 34.9 Å². The molecule has 2 aromatic rings. The second kappa shape index (κ2) is 10.8. The first-order valence-electron chi connectivity index (χ1n) is 12.7. The van der Waals surface area contributed by atoms with Gasteiger partial charge in [0.1, 0.15) is 29.6 Å². The van der Waals surface area contributed by atoms with Crippen LogP contribution in [0.5, 0.6) is 0 Å². The van der Waals surface area contributed by atoms with Crippen LogP contribution < -0.4 is 15.5 Å². The van der Waals surface area contributed by atoms with Crippen LogP contribution >= 0.6 is 0 Å². The summed E-state index contributed by atoms with van der Waals surface area (Å²) in [4.78, 5) is 15.8. The third kappa shape index (κ3) is 7.28. The lowest BCUT2D eigenvalue weighted by molar-refractivity contribution is 0.0305. The number of pyridine rings is 1. The van der Waals surface area contributed by atoms with Gasteiger partial charge in [-0.3, -0.25) is 0 Å². The van der Waals surface area contributed by atoms with E-state index in [1.165, 1.54) is 5.57 Å². The lowest BCUT2D eigenvalue weighted by Crippen LogP contribution is -2.60. The average Bonchev–Trinajstić information content (AvgIpc) is 2.74. The van der Waals surface area contributed by atoms with Crippen molar-refractivity contribution in [1.82, 2.24) is 15.0 Å².